The van der Waals surface area contributed by atoms with Crippen molar-refractivity contribution in [3.05, 3.63) is 35.9 Å². The molecule has 1 aromatic carbocycles. The predicted molar refractivity (Wildman–Crippen MR) is 60.3 cm³/mol. The average Bonchev–Trinajstić information content (AvgIpc) is 2.18. The number of carbonyl (C=O) groups is 1. The molecular formula is C10H14NO4S-. The molecule has 2 unspecified atom stereocenters. The number of nitrogens with one attached hydrogen (secondary N) is 1. The molecule has 0 saturated heterocycles. The number of benzene rings is 1. The molecule has 16 heavy (non-hydrogen) atoms. The summed E-state index contributed by atoms with van der Waals surface area (Å²) in [5.74, 6) is -1.20. The Kier molecular flexibility index (Phi) is 7.36. The zero-order valence-corrected chi connectivity index (χ0v) is 9.86. The van der Waals surface area contributed by atoms with Gasteiger partial charge in [-0.2, -0.15) is 0 Å². The molecule has 2 N–H and O–H groups in total. The van der Waals surface area contributed by atoms with E-state index in [0.29, 0.717) is 0 Å². The number of carboxylic acids is 1. The van der Waals surface area contributed by atoms with Crippen LogP contribution >= 0.6 is 0 Å². The first kappa shape index (κ1) is 14.8. The zero-order valence-electron chi connectivity index (χ0n) is 9.04. The third-order valence-electron chi connectivity index (χ3n) is 1.58. The molecule has 0 heterocycles. The van der Waals surface area contributed by atoms with Crippen molar-refractivity contribution in [3.8, 4) is 0 Å². The smallest absolute Gasteiger partial charge is 0.321 e. The molecule has 6 heteroatoms. The van der Waals surface area contributed by atoms with Gasteiger partial charge in [-0.15, -0.1) is 0 Å². The van der Waals surface area contributed by atoms with Gasteiger partial charge in [0.25, 0.3) is 0 Å². The predicted octanol–water partition coefficient (Wildman–Crippen LogP) is 0.838. The second-order valence-electron chi connectivity index (χ2n) is 3.07. The summed E-state index contributed by atoms with van der Waals surface area (Å²) in [4.78, 5) is 9.90. The van der Waals surface area contributed by atoms with Crippen LogP contribution in [-0.4, -0.2) is 25.9 Å². The molecule has 1 rings (SSSR count). The van der Waals surface area contributed by atoms with Gasteiger partial charge in [-0.1, -0.05) is 35.9 Å². The number of hydrogen-bond acceptors (Lipinski definition) is 3. The summed E-state index contributed by atoms with van der Waals surface area (Å²) in [6, 6.07) is 9.21. The normalized spacial score (nSPS) is 13.2. The van der Waals surface area contributed by atoms with E-state index in [-0.39, 0.29) is 0 Å². The maximum absolute atomic E-state index is 9.90. The molecule has 5 nitrogen and oxygen atoms in total. The van der Waals surface area contributed by atoms with Gasteiger partial charge in [-0.3, -0.25) is 9.00 Å². The van der Waals surface area contributed by atoms with E-state index in [2.05, 4.69) is 19.1 Å². The minimum atomic E-state index is -2.50. The van der Waals surface area contributed by atoms with Crippen LogP contribution in [0.2, 0.25) is 0 Å². The van der Waals surface area contributed by atoms with Crippen LogP contribution in [0.1, 0.15) is 12.5 Å². The van der Waals surface area contributed by atoms with E-state index in [9.17, 15) is 13.6 Å². The van der Waals surface area contributed by atoms with Crippen LogP contribution in [0.5, 0.6) is 0 Å². The van der Waals surface area contributed by atoms with Gasteiger partial charge < -0.3 is 9.66 Å². The van der Waals surface area contributed by atoms with Crippen LogP contribution in [-0.2, 0) is 16.1 Å². The van der Waals surface area contributed by atoms with E-state index in [1.165, 1.54) is 12.5 Å². The number of hydrogen-bond donors (Lipinski definition) is 2. The van der Waals surface area contributed by atoms with Gasteiger partial charge in [-0.25, -0.2) is 4.72 Å². The summed E-state index contributed by atoms with van der Waals surface area (Å²) >= 11 is -2.50. The minimum absolute atomic E-state index is 1.05. The van der Waals surface area contributed by atoms with Gasteiger partial charge >= 0.3 is 5.97 Å². The van der Waals surface area contributed by atoms with E-state index in [4.69, 9.17) is 5.11 Å². The minimum Gasteiger partial charge on any atom is -0.760 e. The largest absolute Gasteiger partial charge is 0.760 e. The second-order valence-corrected chi connectivity index (χ2v) is 3.77. The third-order valence-corrected chi connectivity index (χ3v) is 2.13. The van der Waals surface area contributed by atoms with Crippen molar-refractivity contribution >= 4 is 17.2 Å². The molecular weight excluding hydrogens is 230 g/mol. The Labute approximate surface area is 96.9 Å². The van der Waals surface area contributed by atoms with Crippen molar-refractivity contribution in [2.24, 2.45) is 0 Å². The fourth-order valence-corrected chi connectivity index (χ4v) is 1.12. The number of carboxylic acid groups (broad SMARTS) is 1. The summed E-state index contributed by atoms with van der Waals surface area (Å²) in [7, 11) is 0. The topological polar surface area (TPSA) is 89.5 Å². The Morgan fingerprint density at radius 2 is 1.94 bits per heavy atom. The molecule has 1 aromatic rings. The average molecular weight is 244 g/mol. The zero-order chi connectivity index (χ0) is 12.6. The van der Waals surface area contributed by atoms with Crippen molar-refractivity contribution < 1.29 is 18.7 Å². The lowest BCUT2D eigenvalue weighted by molar-refractivity contribution is -0.138. The quantitative estimate of drug-likeness (QED) is 0.771. The lowest BCUT2D eigenvalue weighted by atomic mass is 10.2. The summed E-state index contributed by atoms with van der Waals surface area (Å²) in [5.41, 5.74) is 1.32. The molecule has 0 aliphatic rings. The number of aryl methyl sites for hydroxylation is 1. The van der Waals surface area contributed by atoms with E-state index in [0.717, 1.165) is 0 Å². The Bertz CT molecular complexity index is 342. The van der Waals surface area contributed by atoms with Crippen molar-refractivity contribution in [1.82, 2.24) is 4.72 Å². The maximum atomic E-state index is 9.90. The van der Waals surface area contributed by atoms with Crippen molar-refractivity contribution in [3.63, 3.8) is 0 Å². The molecule has 0 bridgehead atoms. The van der Waals surface area contributed by atoms with Gasteiger partial charge in [0.05, 0.1) is 0 Å². The highest BCUT2D eigenvalue weighted by Crippen LogP contribution is 1.92. The molecule has 90 valence electrons. The molecule has 0 aliphatic heterocycles. The second kappa shape index (κ2) is 7.98. The van der Waals surface area contributed by atoms with Gasteiger partial charge in [0.15, 0.2) is 0 Å². The van der Waals surface area contributed by atoms with Crippen molar-refractivity contribution in [1.29, 1.82) is 0 Å². The summed E-state index contributed by atoms with van der Waals surface area (Å²) < 4.78 is 21.2. The standard InChI is InChI=1S/C7H8.C3H7NO4S/c1-7-5-3-2-4-6-7;1-2(3(5)6)4-9(7)8/h2-6H,1H3;2,4H,1H3,(H,5,6)(H,7,8)/p-1. The van der Waals surface area contributed by atoms with Gasteiger partial charge in [0, 0.05) is 11.3 Å². The van der Waals surface area contributed by atoms with E-state index in [1.54, 1.807) is 4.72 Å². The first-order valence-corrected chi connectivity index (χ1v) is 5.61. The molecule has 0 aromatic heterocycles. The summed E-state index contributed by atoms with van der Waals surface area (Å²) in [6.07, 6.45) is 0. The highest BCUT2D eigenvalue weighted by Gasteiger charge is 2.08. The van der Waals surface area contributed by atoms with Gasteiger partial charge in [-0.05, 0) is 13.8 Å². The molecule has 0 spiro atoms. The molecule has 0 amide bonds. The van der Waals surface area contributed by atoms with Crippen LogP contribution in [0, 0.1) is 6.92 Å². The summed E-state index contributed by atoms with van der Waals surface area (Å²) in [5, 5.41) is 8.10. The van der Waals surface area contributed by atoms with E-state index < -0.39 is 23.3 Å². The van der Waals surface area contributed by atoms with Crippen molar-refractivity contribution in [2.45, 2.75) is 19.9 Å². The van der Waals surface area contributed by atoms with Gasteiger partial charge in [0.2, 0.25) is 0 Å². The molecule has 0 fully saturated rings. The molecule has 0 radical (unpaired) electrons. The number of rotatable bonds is 3. The Morgan fingerprint density at radius 1 is 1.44 bits per heavy atom. The van der Waals surface area contributed by atoms with Crippen LogP contribution < -0.4 is 4.72 Å². The fourth-order valence-electron chi connectivity index (χ4n) is 0.729. The Balaban J connectivity index is 0.000000288. The van der Waals surface area contributed by atoms with Crippen LogP contribution in [0.15, 0.2) is 30.3 Å². The van der Waals surface area contributed by atoms with Gasteiger partial charge in [0.1, 0.15) is 6.04 Å². The lowest BCUT2D eigenvalue weighted by Crippen LogP contribution is -2.34. The summed E-state index contributed by atoms with van der Waals surface area (Å²) in [6.45, 7) is 3.32. The monoisotopic (exact) mass is 244 g/mol. The molecule has 0 aliphatic carbocycles. The fraction of sp³-hybridized carbons (Fsp3) is 0.300. The van der Waals surface area contributed by atoms with Crippen LogP contribution in [0.25, 0.3) is 0 Å². The highest BCUT2D eigenvalue weighted by molar-refractivity contribution is 7.77. The third kappa shape index (κ3) is 8.10. The van der Waals surface area contributed by atoms with Crippen LogP contribution in [0.3, 0.4) is 0 Å². The molecule has 2 atom stereocenters. The van der Waals surface area contributed by atoms with E-state index in [1.807, 2.05) is 18.2 Å². The number of aliphatic carboxylic acids is 1. The highest BCUT2D eigenvalue weighted by atomic mass is 32.2. The maximum Gasteiger partial charge on any atom is 0.321 e. The van der Waals surface area contributed by atoms with E-state index >= 15 is 0 Å². The Morgan fingerprint density at radius 3 is 2.12 bits per heavy atom. The first-order chi connectivity index (χ1) is 7.43. The lowest BCUT2D eigenvalue weighted by Gasteiger charge is -2.09. The molecule has 0 saturated carbocycles. The van der Waals surface area contributed by atoms with Crippen LogP contribution in [0.4, 0.5) is 0 Å². The first-order valence-electron chi connectivity index (χ1n) is 4.53. The Hall–Kier alpha value is -1.24. The SMILES string of the molecule is CC(NS(=O)[O-])C(=O)O.Cc1ccccc1. The van der Waals surface area contributed by atoms with Crippen molar-refractivity contribution in [2.75, 3.05) is 0 Å².